The molecule has 0 aromatic rings. The lowest BCUT2D eigenvalue weighted by Gasteiger charge is -2.20. The first-order valence-electron chi connectivity index (χ1n) is 37.4. The lowest BCUT2D eigenvalue weighted by molar-refractivity contribution is -0.123. The number of allylic oxidation sites excluding steroid dienone is 1. The molecule has 0 rings (SSSR count). The number of aliphatic hydroxyl groups is 2. The van der Waals surface area contributed by atoms with E-state index in [1.807, 2.05) is 6.08 Å². The Morgan fingerprint density at radius 3 is 0.658 bits per heavy atom. The number of unbranched alkanes of at least 4 members (excludes halogenated alkanes) is 64. The Labute approximate surface area is 498 Å². The predicted molar refractivity (Wildman–Crippen MR) is 355 cm³/mol. The second-order valence-electron chi connectivity index (χ2n) is 26.1. The molecule has 3 N–H and O–H groups in total. The molecule has 4 heteroatoms. The van der Waals surface area contributed by atoms with Crippen LogP contribution < -0.4 is 5.32 Å². The van der Waals surface area contributed by atoms with E-state index < -0.39 is 12.1 Å². The maximum Gasteiger partial charge on any atom is 0.220 e. The van der Waals surface area contributed by atoms with Crippen LogP contribution in [-0.2, 0) is 4.79 Å². The van der Waals surface area contributed by atoms with Crippen LogP contribution in [0.3, 0.4) is 0 Å². The van der Waals surface area contributed by atoms with Crippen molar-refractivity contribution in [2.24, 2.45) is 0 Å². The fourth-order valence-corrected chi connectivity index (χ4v) is 12.4. The van der Waals surface area contributed by atoms with Crippen molar-refractivity contribution in [3.8, 4) is 0 Å². The van der Waals surface area contributed by atoms with Crippen molar-refractivity contribution in [1.29, 1.82) is 0 Å². The molecule has 2 atom stereocenters. The fraction of sp³-hybridized carbons (Fsp3) is 0.960. The van der Waals surface area contributed by atoms with E-state index in [2.05, 4.69) is 19.2 Å². The van der Waals surface area contributed by atoms with Gasteiger partial charge in [0.05, 0.1) is 18.8 Å². The van der Waals surface area contributed by atoms with Crippen LogP contribution in [0.15, 0.2) is 12.2 Å². The van der Waals surface area contributed by atoms with Gasteiger partial charge < -0.3 is 15.5 Å². The van der Waals surface area contributed by atoms with Gasteiger partial charge in [0.25, 0.3) is 0 Å². The molecule has 2 unspecified atom stereocenters. The lowest BCUT2D eigenvalue weighted by Crippen LogP contribution is -2.45. The molecule has 0 aliphatic heterocycles. The number of hydrogen-bond acceptors (Lipinski definition) is 3. The van der Waals surface area contributed by atoms with Gasteiger partial charge in [-0.2, -0.15) is 0 Å². The first-order valence-corrected chi connectivity index (χ1v) is 37.4. The zero-order valence-corrected chi connectivity index (χ0v) is 54.7. The van der Waals surface area contributed by atoms with E-state index in [-0.39, 0.29) is 12.5 Å². The summed E-state index contributed by atoms with van der Waals surface area (Å²) in [6.07, 6.45) is 96.2. The van der Waals surface area contributed by atoms with Gasteiger partial charge in [0.15, 0.2) is 0 Å². The highest BCUT2D eigenvalue weighted by Crippen LogP contribution is 2.20. The van der Waals surface area contributed by atoms with Gasteiger partial charge >= 0.3 is 0 Å². The molecule has 0 aromatic carbocycles. The number of rotatable bonds is 71. The van der Waals surface area contributed by atoms with Crippen LogP contribution in [0, 0.1) is 0 Å². The summed E-state index contributed by atoms with van der Waals surface area (Å²) in [7, 11) is 0. The molecule has 0 fully saturated rings. The van der Waals surface area contributed by atoms with E-state index in [1.165, 1.54) is 398 Å². The van der Waals surface area contributed by atoms with Crippen molar-refractivity contribution in [3.63, 3.8) is 0 Å². The van der Waals surface area contributed by atoms with Crippen molar-refractivity contribution in [2.75, 3.05) is 6.61 Å². The van der Waals surface area contributed by atoms with Crippen molar-refractivity contribution in [3.05, 3.63) is 12.2 Å². The van der Waals surface area contributed by atoms with Gasteiger partial charge in [-0.3, -0.25) is 4.79 Å². The molecule has 0 heterocycles. The van der Waals surface area contributed by atoms with E-state index in [9.17, 15) is 15.0 Å². The zero-order chi connectivity index (χ0) is 56.9. The average Bonchev–Trinajstić information content (AvgIpc) is 3.45. The molecule has 1 amide bonds. The van der Waals surface area contributed by atoms with Gasteiger partial charge in [0, 0.05) is 6.42 Å². The Morgan fingerprint density at radius 1 is 0.291 bits per heavy atom. The number of carbonyl (C=O) groups is 1. The molecule has 0 radical (unpaired) electrons. The van der Waals surface area contributed by atoms with Crippen LogP contribution in [0.5, 0.6) is 0 Å². The summed E-state index contributed by atoms with van der Waals surface area (Å²) in [5.74, 6) is -0.0522. The molecule has 0 bridgehead atoms. The number of aliphatic hydroxyl groups excluding tert-OH is 2. The van der Waals surface area contributed by atoms with Crippen molar-refractivity contribution >= 4 is 5.91 Å². The van der Waals surface area contributed by atoms with E-state index in [4.69, 9.17) is 0 Å². The van der Waals surface area contributed by atoms with Gasteiger partial charge in [-0.25, -0.2) is 0 Å². The van der Waals surface area contributed by atoms with Gasteiger partial charge in [-0.1, -0.05) is 431 Å². The van der Waals surface area contributed by atoms with Gasteiger partial charge in [-0.05, 0) is 19.3 Å². The smallest absolute Gasteiger partial charge is 0.220 e. The SMILES string of the molecule is CCCCCCCCCCCCCCCCCCCCCCCCCCCCCCCC/C=C/C(O)C(CO)NC(=O)CCCCCCCCCCCCCCCCCCCCCCCCCCCCCCCCCCCCC. The van der Waals surface area contributed by atoms with Gasteiger partial charge in [-0.15, -0.1) is 0 Å². The molecule has 0 aliphatic rings. The summed E-state index contributed by atoms with van der Waals surface area (Å²) in [5, 5.41) is 23.3. The topological polar surface area (TPSA) is 69.6 Å². The highest BCUT2D eigenvalue weighted by Gasteiger charge is 2.18. The fourth-order valence-electron chi connectivity index (χ4n) is 12.4. The molecular formula is C75H149NO3. The van der Waals surface area contributed by atoms with Crippen LogP contribution in [0.25, 0.3) is 0 Å². The average molecular weight is 1110 g/mol. The Morgan fingerprint density at radius 2 is 0.468 bits per heavy atom. The summed E-state index contributed by atoms with van der Waals surface area (Å²) in [6, 6.07) is -0.620. The third-order valence-corrected chi connectivity index (χ3v) is 18.0. The maximum atomic E-state index is 12.6. The molecule has 472 valence electrons. The van der Waals surface area contributed by atoms with Crippen LogP contribution >= 0.6 is 0 Å². The minimum Gasteiger partial charge on any atom is -0.394 e. The monoisotopic (exact) mass is 1110 g/mol. The Hall–Kier alpha value is -0.870. The van der Waals surface area contributed by atoms with Crippen LogP contribution in [0.4, 0.5) is 0 Å². The van der Waals surface area contributed by atoms with Crippen LogP contribution in [0.1, 0.15) is 444 Å². The minimum atomic E-state index is -0.838. The molecule has 0 saturated carbocycles. The zero-order valence-electron chi connectivity index (χ0n) is 54.7. The molecule has 0 spiro atoms. The molecule has 0 aromatic heterocycles. The summed E-state index contributed by atoms with van der Waals surface area (Å²) in [5.41, 5.74) is 0. The number of nitrogens with one attached hydrogen (secondary N) is 1. The number of hydrogen-bond donors (Lipinski definition) is 3. The molecular weight excluding hydrogens is 963 g/mol. The van der Waals surface area contributed by atoms with Crippen molar-refractivity contribution in [1.82, 2.24) is 5.32 Å². The normalized spacial score (nSPS) is 12.6. The third-order valence-electron chi connectivity index (χ3n) is 18.0. The van der Waals surface area contributed by atoms with Crippen LogP contribution in [0.2, 0.25) is 0 Å². The largest absolute Gasteiger partial charge is 0.394 e. The first kappa shape index (κ1) is 78.1. The van der Waals surface area contributed by atoms with Gasteiger partial charge in [0.2, 0.25) is 5.91 Å². The van der Waals surface area contributed by atoms with E-state index in [0.717, 1.165) is 25.7 Å². The first-order chi connectivity index (χ1) is 39.2. The summed E-state index contributed by atoms with van der Waals surface area (Å²) < 4.78 is 0. The van der Waals surface area contributed by atoms with E-state index in [1.54, 1.807) is 6.08 Å². The Balaban J connectivity index is 3.37. The summed E-state index contributed by atoms with van der Waals surface area (Å²) in [6.45, 7) is 4.37. The molecule has 4 nitrogen and oxygen atoms in total. The Kier molecular flexibility index (Phi) is 70.6. The summed E-state index contributed by atoms with van der Waals surface area (Å²) in [4.78, 5) is 12.6. The van der Waals surface area contributed by atoms with E-state index in [0.29, 0.717) is 6.42 Å². The second-order valence-corrected chi connectivity index (χ2v) is 26.1. The minimum absolute atomic E-state index is 0.0522. The quantitative estimate of drug-likeness (QED) is 0.0420. The third kappa shape index (κ3) is 67.8. The lowest BCUT2D eigenvalue weighted by atomic mass is 10.0. The van der Waals surface area contributed by atoms with Crippen molar-refractivity contribution in [2.45, 2.75) is 456 Å². The molecule has 0 saturated heterocycles. The number of amides is 1. The standard InChI is InChI=1S/C75H149NO3/c1-3-5-7-9-11-13-15-17-19-21-23-25-27-29-31-33-35-37-38-39-41-43-45-47-49-51-53-55-57-59-61-63-65-67-69-71-75(79)76-73(72-77)74(78)70-68-66-64-62-60-58-56-54-52-50-48-46-44-42-40-36-34-32-30-28-26-24-22-20-18-16-14-12-10-8-6-4-2/h68,70,73-74,77-78H,3-67,69,71-72H2,1-2H3,(H,76,79)/b70-68+. The second kappa shape index (κ2) is 71.4. The highest BCUT2D eigenvalue weighted by molar-refractivity contribution is 5.76. The summed E-state index contributed by atoms with van der Waals surface area (Å²) >= 11 is 0. The van der Waals surface area contributed by atoms with E-state index >= 15 is 0 Å². The highest BCUT2D eigenvalue weighted by atomic mass is 16.3. The van der Waals surface area contributed by atoms with Gasteiger partial charge in [0.1, 0.15) is 0 Å². The molecule has 0 aliphatic carbocycles. The maximum absolute atomic E-state index is 12.6. The number of carbonyl (C=O) groups excluding carboxylic acids is 1. The van der Waals surface area contributed by atoms with Crippen LogP contribution in [-0.4, -0.2) is 34.9 Å². The van der Waals surface area contributed by atoms with Crippen molar-refractivity contribution < 1.29 is 15.0 Å². The predicted octanol–water partition coefficient (Wildman–Crippen LogP) is 25.6. The Bertz CT molecular complexity index is 1120. The molecule has 79 heavy (non-hydrogen) atoms.